The quantitative estimate of drug-likeness (QED) is 0.588. The molecule has 2 N–H and O–H groups in total. The summed E-state index contributed by atoms with van der Waals surface area (Å²) in [5, 5.41) is 6.24. The SMILES string of the molecule is COc1cc(CNCC2CCCO2)cc(Br)c1OCC(=O)Nc1ccc(C)cc1. The Bertz CT molecular complexity index is 820. The number of methoxy groups -OCH3 is 1. The molecule has 2 aromatic carbocycles. The highest BCUT2D eigenvalue weighted by molar-refractivity contribution is 9.10. The fraction of sp³-hybridized carbons (Fsp3) is 0.409. The molecule has 1 atom stereocenters. The molecule has 1 fully saturated rings. The first-order valence-electron chi connectivity index (χ1n) is 9.73. The van der Waals surface area contributed by atoms with Crippen molar-refractivity contribution in [3.05, 3.63) is 52.0 Å². The largest absolute Gasteiger partial charge is 0.493 e. The molecule has 3 rings (SSSR count). The van der Waals surface area contributed by atoms with Crippen LogP contribution in [0.5, 0.6) is 11.5 Å². The van der Waals surface area contributed by atoms with Crippen LogP contribution >= 0.6 is 15.9 Å². The minimum Gasteiger partial charge on any atom is -0.493 e. The van der Waals surface area contributed by atoms with E-state index in [9.17, 15) is 4.79 Å². The topological polar surface area (TPSA) is 68.8 Å². The Hall–Kier alpha value is -2.09. The molecule has 0 radical (unpaired) electrons. The summed E-state index contributed by atoms with van der Waals surface area (Å²) in [6.45, 7) is 4.27. The molecule has 0 aromatic heterocycles. The normalized spacial score (nSPS) is 15.9. The van der Waals surface area contributed by atoms with Crippen molar-refractivity contribution >= 4 is 27.5 Å². The fourth-order valence-corrected chi connectivity index (χ4v) is 3.77. The number of carbonyl (C=O) groups excluding carboxylic acids is 1. The smallest absolute Gasteiger partial charge is 0.262 e. The van der Waals surface area contributed by atoms with Gasteiger partial charge in [-0.15, -0.1) is 0 Å². The highest BCUT2D eigenvalue weighted by atomic mass is 79.9. The van der Waals surface area contributed by atoms with Crippen LogP contribution < -0.4 is 20.1 Å². The summed E-state index contributed by atoms with van der Waals surface area (Å²) in [6.07, 6.45) is 2.54. The third-order valence-electron chi connectivity index (χ3n) is 4.70. The Labute approximate surface area is 180 Å². The Morgan fingerprint density at radius 2 is 2.07 bits per heavy atom. The van der Waals surface area contributed by atoms with E-state index in [0.29, 0.717) is 24.1 Å². The molecule has 1 saturated heterocycles. The van der Waals surface area contributed by atoms with Gasteiger partial charge in [-0.3, -0.25) is 4.79 Å². The van der Waals surface area contributed by atoms with Crippen LogP contribution in [0.3, 0.4) is 0 Å². The second kappa shape index (κ2) is 10.6. The van der Waals surface area contributed by atoms with Crippen molar-refractivity contribution in [2.24, 2.45) is 0 Å². The standard InChI is InChI=1S/C22H27BrN2O4/c1-15-5-7-17(8-6-15)25-21(26)14-29-22-19(23)10-16(11-20(22)27-2)12-24-13-18-4-3-9-28-18/h5-8,10-11,18,24H,3-4,9,12-14H2,1-2H3,(H,25,26). The zero-order valence-electron chi connectivity index (χ0n) is 16.8. The zero-order chi connectivity index (χ0) is 20.6. The van der Waals surface area contributed by atoms with Gasteiger partial charge in [0.15, 0.2) is 18.1 Å². The Morgan fingerprint density at radius 3 is 2.76 bits per heavy atom. The van der Waals surface area contributed by atoms with Crippen LogP contribution in [0.4, 0.5) is 5.69 Å². The minimum absolute atomic E-state index is 0.112. The predicted octanol–water partition coefficient (Wildman–Crippen LogP) is 4.05. The lowest BCUT2D eigenvalue weighted by Gasteiger charge is -2.15. The zero-order valence-corrected chi connectivity index (χ0v) is 18.4. The molecule has 1 aliphatic rings. The first-order chi connectivity index (χ1) is 14.0. The van der Waals surface area contributed by atoms with Gasteiger partial charge in [-0.2, -0.15) is 0 Å². The molecule has 1 aliphatic heterocycles. The van der Waals surface area contributed by atoms with Crippen LogP contribution in [0, 0.1) is 6.92 Å². The highest BCUT2D eigenvalue weighted by Crippen LogP contribution is 2.36. The van der Waals surface area contributed by atoms with E-state index in [1.165, 1.54) is 0 Å². The molecular weight excluding hydrogens is 436 g/mol. The molecule has 6 nitrogen and oxygen atoms in total. The fourth-order valence-electron chi connectivity index (χ4n) is 3.17. The number of benzene rings is 2. The van der Waals surface area contributed by atoms with Gasteiger partial charge in [-0.05, 0) is 65.5 Å². The molecule has 1 amide bonds. The van der Waals surface area contributed by atoms with Crippen LogP contribution in [0.15, 0.2) is 40.9 Å². The molecule has 1 unspecified atom stereocenters. The van der Waals surface area contributed by atoms with Crippen molar-refractivity contribution in [1.82, 2.24) is 5.32 Å². The van der Waals surface area contributed by atoms with Gasteiger partial charge in [0, 0.05) is 25.4 Å². The summed E-state index contributed by atoms with van der Waals surface area (Å²) in [5.74, 6) is 0.857. The molecule has 0 spiro atoms. The van der Waals surface area contributed by atoms with E-state index in [1.54, 1.807) is 7.11 Å². The first kappa shape index (κ1) is 21.6. The van der Waals surface area contributed by atoms with Gasteiger partial charge >= 0.3 is 0 Å². The van der Waals surface area contributed by atoms with Gasteiger partial charge in [0.05, 0.1) is 17.7 Å². The number of anilines is 1. The van der Waals surface area contributed by atoms with Crippen LogP contribution in [0.25, 0.3) is 0 Å². The number of amides is 1. The summed E-state index contributed by atoms with van der Waals surface area (Å²) >= 11 is 3.53. The molecular formula is C22H27BrN2O4. The Balaban J connectivity index is 1.55. The number of hydrogen-bond donors (Lipinski definition) is 2. The van der Waals surface area contributed by atoms with Crippen molar-refractivity contribution in [3.8, 4) is 11.5 Å². The third-order valence-corrected chi connectivity index (χ3v) is 5.29. The second-order valence-corrected chi connectivity index (χ2v) is 7.93. The summed E-state index contributed by atoms with van der Waals surface area (Å²) in [7, 11) is 1.59. The van der Waals surface area contributed by atoms with Gasteiger partial charge in [0.2, 0.25) is 0 Å². The summed E-state index contributed by atoms with van der Waals surface area (Å²) in [6, 6.07) is 11.5. The van der Waals surface area contributed by atoms with E-state index in [4.69, 9.17) is 14.2 Å². The van der Waals surface area contributed by atoms with Gasteiger partial charge < -0.3 is 24.8 Å². The van der Waals surface area contributed by atoms with E-state index in [0.717, 1.165) is 47.3 Å². The minimum atomic E-state index is -0.231. The molecule has 0 saturated carbocycles. The van der Waals surface area contributed by atoms with E-state index < -0.39 is 0 Å². The number of nitrogens with one attached hydrogen (secondary N) is 2. The van der Waals surface area contributed by atoms with Gasteiger partial charge in [-0.1, -0.05) is 17.7 Å². The molecule has 1 heterocycles. The van der Waals surface area contributed by atoms with E-state index in [2.05, 4.69) is 26.6 Å². The molecule has 156 valence electrons. The maximum Gasteiger partial charge on any atom is 0.262 e. The Morgan fingerprint density at radius 1 is 1.28 bits per heavy atom. The summed E-state index contributed by atoms with van der Waals surface area (Å²) in [5.41, 5.74) is 2.93. The van der Waals surface area contributed by atoms with E-state index in [-0.39, 0.29) is 12.5 Å². The maximum atomic E-state index is 12.2. The highest BCUT2D eigenvalue weighted by Gasteiger charge is 2.16. The first-order valence-corrected chi connectivity index (χ1v) is 10.5. The van der Waals surface area contributed by atoms with Gasteiger partial charge in [0.1, 0.15) is 0 Å². The van der Waals surface area contributed by atoms with Crippen LogP contribution in [0.1, 0.15) is 24.0 Å². The maximum absolute atomic E-state index is 12.2. The van der Waals surface area contributed by atoms with Crippen molar-refractivity contribution < 1.29 is 19.0 Å². The number of hydrogen-bond acceptors (Lipinski definition) is 5. The lowest BCUT2D eigenvalue weighted by atomic mass is 10.2. The number of ether oxygens (including phenoxy) is 3. The number of halogens is 1. The molecule has 29 heavy (non-hydrogen) atoms. The summed E-state index contributed by atoms with van der Waals surface area (Å²) < 4.78 is 17.6. The van der Waals surface area contributed by atoms with Crippen LogP contribution in [0.2, 0.25) is 0 Å². The average Bonchev–Trinajstić information content (AvgIpc) is 3.22. The van der Waals surface area contributed by atoms with Gasteiger partial charge in [0.25, 0.3) is 5.91 Å². The van der Waals surface area contributed by atoms with Crippen LogP contribution in [-0.4, -0.2) is 38.9 Å². The van der Waals surface area contributed by atoms with Gasteiger partial charge in [-0.25, -0.2) is 0 Å². The van der Waals surface area contributed by atoms with Crippen LogP contribution in [-0.2, 0) is 16.1 Å². The van der Waals surface area contributed by atoms with Crippen molar-refractivity contribution in [3.63, 3.8) is 0 Å². The predicted molar refractivity (Wildman–Crippen MR) is 117 cm³/mol. The van der Waals surface area contributed by atoms with Crippen molar-refractivity contribution in [2.45, 2.75) is 32.4 Å². The van der Waals surface area contributed by atoms with E-state index in [1.807, 2.05) is 43.3 Å². The number of rotatable bonds is 9. The number of aryl methyl sites for hydroxylation is 1. The van der Waals surface area contributed by atoms with Crippen molar-refractivity contribution in [1.29, 1.82) is 0 Å². The van der Waals surface area contributed by atoms with Crippen molar-refractivity contribution in [2.75, 3.05) is 32.2 Å². The second-order valence-electron chi connectivity index (χ2n) is 7.08. The monoisotopic (exact) mass is 462 g/mol. The molecule has 2 aromatic rings. The average molecular weight is 463 g/mol. The molecule has 7 heteroatoms. The molecule has 0 aliphatic carbocycles. The number of carbonyl (C=O) groups is 1. The van der Waals surface area contributed by atoms with E-state index >= 15 is 0 Å². The lowest BCUT2D eigenvalue weighted by Crippen LogP contribution is -2.25. The third kappa shape index (κ3) is 6.45. The summed E-state index contributed by atoms with van der Waals surface area (Å²) in [4.78, 5) is 12.2. The lowest BCUT2D eigenvalue weighted by molar-refractivity contribution is -0.118. The molecule has 0 bridgehead atoms. The Kier molecular flexibility index (Phi) is 7.91.